The van der Waals surface area contributed by atoms with Crippen molar-refractivity contribution in [2.75, 3.05) is 69.5 Å². The Balaban J connectivity index is 1.42. The Hall–Kier alpha value is -3.36. The van der Waals surface area contributed by atoms with Gasteiger partial charge in [-0.05, 0) is 62.6 Å². The molecular formula is C24H30N6O2. The number of nitrogen functional groups attached to an aromatic ring is 1. The summed E-state index contributed by atoms with van der Waals surface area (Å²) in [6.07, 6.45) is 1.74. The van der Waals surface area contributed by atoms with E-state index in [-0.39, 0.29) is 0 Å². The molecule has 2 heterocycles. The van der Waals surface area contributed by atoms with Gasteiger partial charge in [0.25, 0.3) is 0 Å². The minimum atomic E-state index is 0.534. The average Bonchev–Trinajstić information content (AvgIpc) is 2.81. The zero-order chi connectivity index (χ0) is 22.3. The molecule has 2 aromatic carbocycles. The molecule has 8 nitrogen and oxygen atoms in total. The lowest BCUT2D eigenvalue weighted by Gasteiger charge is -2.28. The predicted octanol–water partition coefficient (Wildman–Crippen LogP) is 3.25. The van der Waals surface area contributed by atoms with Gasteiger partial charge in [0.15, 0.2) is 0 Å². The Kier molecular flexibility index (Phi) is 7.03. The van der Waals surface area contributed by atoms with Gasteiger partial charge in [0, 0.05) is 42.8 Å². The van der Waals surface area contributed by atoms with Crippen LogP contribution in [0.4, 0.5) is 23.0 Å². The molecule has 0 unspecified atom stereocenters. The fraction of sp³-hybridized carbons (Fsp3) is 0.333. The van der Waals surface area contributed by atoms with Crippen LogP contribution in [0, 0.1) is 0 Å². The van der Waals surface area contributed by atoms with Crippen molar-refractivity contribution in [2.24, 2.45) is 0 Å². The summed E-state index contributed by atoms with van der Waals surface area (Å²) >= 11 is 0. The second-order valence-electron chi connectivity index (χ2n) is 7.94. The van der Waals surface area contributed by atoms with E-state index >= 15 is 0 Å². The normalized spacial score (nSPS) is 13.9. The van der Waals surface area contributed by atoms with Crippen LogP contribution in [0.1, 0.15) is 0 Å². The number of nitrogens with zero attached hydrogens (tertiary/aromatic N) is 4. The third-order valence-electron chi connectivity index (χ3n) is 5.26. The van der Waals surface area contributed by atoms with Crippen molar-refractivity contribution in [2.45, 2.75) is 0 Å². The number of ether oxygens (including phenoxy) is 2. The SMILES string of the molecule is CN(C)CCOc1ccc(-c2ccnc(Nc3ccc(N4CCOCC4)cc3)n2)cc1N. The largest absolute Gasteiger partial charge is 0.490 e. The van der Waals surface area contributed by atoms with E-state index in [1.807, 2.05) is 50.5 Å². The Morgan fingerprint density at radius 1 is 1.09 bits per heavy atom. The first kappa shape index (κ1) is 21.9. The lowest BCUT2D eigenvalue weighted by molar-refractivity contribution is 0.122. The number of benzene rings is 2. The zero-order valence-electron chi connectivity index (χ0n) is 18.6. The van der Waals surface area contributed by atoms with Gasteiger partial charge in [0.2, 0.25) is 5.95 Å². The van der Waals surface area contributed by atoms with Crippen LogP contribution in [0.2, 0.25) is 0 Å². The van der Waals surface area contributed by atoms with Gasteiger partial charge in [0.05, 0.1) is 24.6 Å². The molecule has 0 atom stereocenters. The molecule has 1 saturated heterocycles. The quantitative estimate of drug-likeness (QED) is 0.523. The van der Waals surface area contributed by atoms with E-state index in [1.165, 1.54) is 5.69 Å². The molecule has 168 valence electrons. The molecule has 1 aromatic heterocycles. The van der Waals surface area contributed by atoms with Crippen molar-refractivity contribution < 1.29 is 9.47 Å². The van der Waals surface area contributed by atoms with Crippen LogP contribution in [-0.2, 0) is 4.74 Å². The van der Waals surface area contributed by atoms with Crippen LogP contribution in [0.25, 0.3) is 11.3 Å². The van der Waals surface area contributed by atoms with Gasteiger partial charge in [-0.25, -0.2) is 9.97 Å². The van der Waals surface area contributed by atoms with Gasteiger partial charge < -0.3 is 30.3 Å². The molecule has 1 aliphatic rings. The van der Waals surface area contributed by atoms with Gasteiger partial charge in [-0.3, -0.25) is 0 Å². The number of hydrogen-bond acceptors (Lipinski definition) is 8. The maximum atomic E-state index is 6.20. The molecule has 32 heavy (non-hydrogen) atoms. The molecule has 0 amide bonds. The molecule has 0 bridgehead atoms. The van der Waals surface area contributed by atoms with Crippen molar-refractivity contribution in [3.63, 3.8) is 0 Å². The Labute approximate surface area is 189 Å². The highest BCUT2D eigenvalue weighted by Gasteiger charge is 2.11. The molecule has 1 aliphatic heterocycles. The first-order chi connectivity index (χ1) is 15.6. The third-order valence-corrected chi connectivity index (χ3v) is 5.26. The van der Waals surface area contributed by atoms with Crippen molar-refractivity contribution in [3.8, 4) is 17.0 Å². The Morgan fingerprint density at radius 3 is 2.59 bits per heavy atom. The summed E-state index contributed by atoms with van der Waals surface area (Å²) < 4.78 is 11.2. The van der Waals surface area contributed by atoms with Gasteiger partial charge >= 0.3 is 0 Å². The number of hydrogen-bond donors (Lipinski definition) is 2. The highest BCUT2D eigenvalue weighted by atomic mass is 16.5. The molecule has 3 N–H and O–H groups in total. The number of anilines is 4. The van der Waals surface area contributed by atoms with Crippen molar-refractivity contribution >= 4 is 23.0 Å². The highest BCUT2D eigenvalue weighted by Crippen LogP contribution is 2.28. The van der Waals surface area contributed by atoms with Crippen LogP contribution < -0.4 is 20.7 Å². The number of nitrogens with one attached hydrogen (secondary N) is 1. The van der Waals surface area contributed by atoms with Crippen molar-refractivity contribution in [1.29, 1.82) is 0 Å². The number of nitrogens with two attached hydrogens (primary N) is 1. The summed E-state index contributed by atoms with van der Waals surface area (Å²) in [6, 6.07) is 15.9. The van der Waals surface area contributed by atoms with Gasteiger partial charge in [-0.15, -0.1) is 0 Å². The van der Waals surface area contributed by atoms with Crippen molar-refractivity contribution in [3.05, 3.63) is 54.7 Å². The molecule has 8 heteroatoms. The second kappa shape index (κ2) is 10.3. The van der Waals surface area contributed by atoms with E-state index in [2.05, 4.69) is 37.2 Å². The summed E-state index contributed by atoms with van der Waals surface area (Å²) in [5.74, 6) is 1.22. The molecule has 1 fully saturated rings. The monoisotopic (exact) mass is 434 g/mol. The van der Waals surface area contributed by atoms with Crippen LogP contribution >= 0.6 is 0 Å². The number of morpholine rings is 1. The fourth-order valence-electron chi connectivity index (χ4n) is 3.46. The molecule has 0 radical (unpaired) electrons. The standard InChI is InChI=1S/C24H30N6O2/c1-29(2)11-16-32-23-8-3-18(17-21(23)25)22-9-10-26-24(28-22)27-19-4-6-20(7-5-19)30-12-14-31-15-13-30/h3-10,17H,11-16,25H2,1-2H3,(H,26,27,28). The summed E-state index contributed by atoms with van der Waals surface area (Å²) in [7, 11) is 4.02. The summed E-state index contributed by atoms with van der Waals surface area (Å²) in [5, 5.41) is 3.28. The van der Waals surface area contributed by atoms with Gasteiger partial charge in [0.1, 0.15) is 12.4 Å². The summed E-state index contributed by atoms with van der Waals surface area (Å²) in [5.41, 5.74) is 10.6. The predicted molar refractivity (Wildman–Crippen MR) is 129 cm³/mol. The molecule has 0 saturated carbocycles. The summed E-state index contributed by atoms with van der Waals surface area (Å²) in [4.78, 5) is 13.4. The smallest absolute Gasteiger partial charge is 0.227 e. The molecule has 0 aliphatic carbocycles. The average molecular weight is 435 g/mol. The van der Waals surface area contributed by atoms with Crippen LogP contribution in [0.15, 0.2) is 54.7 Å². The first-order valence-corrected chi connectivity index (χ1v) is 10.8. The number of likely N-dealkylation sites (N-methyl/N-ethyl adjacent to an activating group) is 1. The lowest BCUT2D eigenvalue weighted by atomic mass is 10.1. The van der Waals surface area contributed by atoms with Crippen molar-refractivity contribution in [1.82, 2.24) is 14.9 Å². The van der Waals surface area contributed by atoms with E-state index in [0.717, 1.165) is 49.8 Å². The maximum Gasteiger partial charge on any atom is 0.227 e. The molecule has 3 aromatic rings. The van der Waals surface area contributed by atoms with E-state index in [9.17, 15) is 0 Å². The molecule has 4 rings (SSSR count). The van der Waals surface area contributed by atoms with Crippen LogP contribution in [0.3, 0.4) is 0 Å². The fourth-order valence-corrected chi connectivity index (χ4v) is 3.46. The summed E-state index contributed by atoms with van der Waals surface area (Å²) in [6.45, 7) is 4.79. The minimum absolute atomic E-state index is 0.534. The van der Waals surface area contributed by atoms with Gasteiger partial charge in [-0.2, -0.15) is 0 Å². The van der Waals surface area contributed by atoms with E-state index in [1.54, 1.807) is 6.20 Å². The number of rotatable bonds is 8. The first-order valence-electron chi connectivity index (χ1n) is 10.8. The maximum absolute atomic E-state index is 6.20. The molecular weight excluding hydrogens is 404 g/mol. The highest BCUT2D eigenvalue weighted by molar-refractivity contribution is 5.69. The molecule has 0 spiro atoms. The minimum Gasteiger partial charge on any atom is -0.490 e. The van der Waals surface area contributed by atoms with Crippen LogP contribution in [0.5, 0.6) is 5.75 Å². The zero-order valence-corrected chi connectivity index (χ0v) is 18.6. The lowest BCUT2D eigenvalue weighted by Crippen LogP contribution is -2.36. The Bertz CT molecular complexity index is 1020. The number of aromatic nitrogens is 2. The van der Waals surface area contributed by atoms with E-state index in [4.69, 9.17) is 15.2 Å². The Morgan fingerprint density at radius 2 is 1.88 bits per heavy atom. The van der Waals surface area contributed by atoms with E-state index in [0.29, 0.717) is 24.0 Å². The topological polar surface area (TPSA) is 88.8 Å². The van der Waals surface area contributed by atoms with Gasteiger partial charge in [-0.1, -0.05) is 0 Å². The third kappa shape index (κ3) is 5.66. The van der Waals surface area contributed by atoms with E-state index < -0.39 is 0 Å². The second-order valence-corrected chi connectivity index (χ2v) is 7.94. The van der Waals surface area contributed by atoms with Crippen LogP contribution in [-0.4, -0.2) is 68.4 Å².